The third-order valence-corrected chi connectivity index (χ3v) is 6.60. The van der Waals surface area contributed by atoms with Crippen LogP contribution in [0.5, 0.6) is 0 Å². The molecule has 0 saturated heterocycles. The molecular formula is C24H23N5O2S. The number of amides is 1. The SMILES string of the molecule is CC(=O)c1sc(NC(=O)c2cc(C3CC3)nc3c2cnn3C(C)C)nc1-c1ccccc1. The van der Waals surface area contributed by atoms with E-state index in [0.29, 0.717) is 32.6 Å². The van der Waals surface area contributed by atoms with E-state index in [9.17, 15) is 9.59 Å². The smallest absolute Gasteiger partial charge is 0.258 e. The van der Waals surface area contributed by atoms with Gasteiger partial charge < -0.3 is 0 Å². The standard InChI is InChI=1S/C24H23N5O2S/c1-13(2)29-22-18(12-25-29)17(11-19(26-22)15-9-10-15)23(31)28-24-27-20(21(32-24)14(3)30)16-7-5-4-6-8-16/h4-8,11-13,15H,9-10H2,1-3H3,(H,27,28,31). The number of ketones is 1. The van der Waals surface area contributed by atoms with E-state index in [4.69, 9.17) is 4.98 Å². The maximum atomic E-state index is 13.3. The van der Waals surface area contributed by atoms with Crippen molar-refractivity contribution in [2.75, 3.05) is 5.32 Å². The van der Waals surface area contributed by atoms with Gasteiger partial charge in [-0.2, -0.15) is 5.10 Å². The summed E-state index contributed by atoms with van der Waals surface area (Å²) in [5.74, 6) is 0.0452. The van der Waals surface area contributed by atoms with Crippen LogP contribution < -0.4 is 5.32 Å². The van der Waals surface area contributed by atoms with Crippen LogP contribution in [0.3, 0.4) is 0 Å². The number of pyridine rings is 1. The van der Waals surface area contributed by atoms with Gasteiger partial charge in [-0.1, -0.05) is 41.7 Å². The van der Waals surface area contributed by atoms with Crippen molar-refractivity contribution in [1.29, 1.82) is 0 Å². The van der Waals surface area contributed by atoms with Gasteiger partial charge in [0, 0.05) is 30.1 Å². The summed E-state index contributed by atoms with van der Waals surface area (Å²) in [6.07, 6.45) is 3.88. The number of rotatable bonds is 6. The van der Waals surface area contributed by atoms with Gasteiger partial charge in [0.05, 0.1) is 27.7 Å². The predicted molar refractivity (Wildman–Crippen MR) is 125 cm³/mol. The Morgan fingerprint density at radius 2 is 1.91 bits per heavy atom. The van der Waals surface area contributed by atoms with Gasteiger partial charge in [-0.05, 0) is 32.8 Å². The van der Waals surface area contributed by atoms with Crippen LogP contribution in [-0.2, 0) is 0 Å². The van der Waals surface area contributed by atoms with Gasteiger partial charge >= 0.3 is 0 Å². The first-order valence-corrected chi connectivity index (χ1v) is 11.5. The Balaban J connectivity index is 1.54. The number of fused-ring (bicyclic) bond motifs is 1. The number of anilines is 1. The van der Waals surface area contributed by atoms with Crippen molar-refractivity contribution >= 4 is 39.2 Å². The molecule has 1 amide bonds. The van der Waals surface area contributed by atoms with Gasteiger partial charge in [0.1, 0.15) is 0 Å². The van der Waals surface area contributed by atoms with Gasteiger partial charge in [-0.25, -0.2) is 14.6 Å². The first-order valence-electron chi connectivity index (χ1n) is 10.7. The largest absolute Gasteiger partial charge is 0.298 e. The van der Waals surface area contributed by atoms with Crippen LogP contribution in [0.25, 0.3) is 22.3 Å². The van der Waals surface area contributed by atoms with E-state index in [1.807, 2.05) is 54.9 Å². The highest BCUT2D eigenvalue weighted by molar-refractivity contribution is 7.18. The van der Waals surface area contributed by atoms with Gasteiger partial charge in [0.15, 0.2) is 16.6 Å². The maximum absolute atomic E-state index is 13.3. The highest BCUT2D eigenvalue weighted by atomic mass is 32.1. The fourth-order valence-corrected chi connectivity index (χ4v) is 4.64. The molecule has 1 N–H and O–H groups in total. The molecule has 0 radical (unpaired) electrons. The monoisotopic (exact) mass is 445 g/mol. The van der Waals surface area contributed by atoms with E-state index in [1.165, 1.54) is 18.3 Å². The normalized spacial score (nSPS) is 13.6. The van der Waals surface area contributed by atoms with E-state index < -0.39 is 0 Å². The third-order valence-electron chi connectivity index (χ3n) is 5.53. The maximum Gasteiger partial charge on any atom is 0.258 e. The summed E-state index contributed by atoms with van der Waals surface area (Å²) in [6.45, 7) is 5.60. The lowest BCUT2D eigenvalue weighted by molar-refractivity contribution is 0.101. The molecule has 0 aliphatic heterocycles. The van der Waals surface area contributed by atoms with Gasteiger partial charge in [0.2, 0.25) is 0 Å². The molecule has 1 aliphatic carbocycles. The second kappa shape index (κ2) is 7.94. The Kier molecular flexibility index (Phi) is 5.09. The highest BCUT2D eigenvalue weighted by Crippen LogP contribution is 2.40. The molecule has 0 atom stereocenters. The van der Waals surface area contributed by atoms with Gasteiger partial charge in [-0.3, -0.25) is 14.9 Å². The average molecular weight is 446 g/mol. The average Bonchev–Trinajstić information content (AvgIpc) is 3.39. The number of nitrogens with one attached hydrogen (secondary N) is 1. The van der Waals surface area contributed by atoms with Crippen LogP contribution >= 0.6 is 11.3 Å². The third kappa shape index (κ3) is 3.71. The molecule has 8 heteroatoms. The number of Topliss-reactive ketones (excluding diaryl/α,β-unsaturated/α-hetero) is 1. The van der Waals surface area contributed by atoms with E-state index in [-0.39, 0.29) is 17.7 Å². The van der Waals surface area contributed by atoms with Crippen molar-refractivity contribution in [2.45, 2.75) is 45.6 Å². The quantitative estimate of drug-likeness (QED) is 0.398. The summed E-state index contributed by atoms with van der Waals surface area (Å²) >= 11 is 1.19. The fourth-order valence-electron chi connectivity index (χ4n) is 3.76. The summed E-state index contributed by atoms with van der Waals surface area (Å²) < 4.78 is 1.85. The van der Waals surface area contributed by atoms with Crippen molar-refractivity contribution < 1.29 is 9.59 Å². The lowest BCUT2D eigenvalue weighted by Crippen LogP contribution is -2.13. The van der Waals surface area contributed by atoms with Crippen LogP contribution in [-0.4, -0.2) is 31.4 Å². The Labute approximate surface area is 189 Å². The number of nitrogens with zero attached hydrogens (tertiary/aromatic N) is 4. The van der Waals surface area contributed by atoms with Crippen molar-refractivity contribution in [3.8, 4) is 11.3 Å². The van der Waals surface area contributed by atoms with Gasteiger partial charge in [-0.15, -0.1) is 0 Å². The van der Waals surface area contributed by atoms with Crippen LogP contribution in [0, 0.1) is 0 Å². The predicted octanol–water partition coefficient (Wildman–Crippen LogP) is 5.47. The zero-order valence-electron chi connectivity index (χ0n) is 18.1. The van der Waals surface area contributed by atoms with Crippen LogP contribution in [0.1, 0.15) is 71.3 Å². The van der Waals surface area contributed by atoms with E-state index in [1.54, 1.807) is 6.20 Å². The number of hydrogen-bond donors (Lipinski definition) is 1. The summed E-state index contributed by atoms with van der Waals surface area (Å²) in [5, 5.41) is 8.49. The van der Waals surface area contributed by atoms with Crippen molar-refractivity contribution in [2.24, 2.45) is 0 Å². The Morgan fingerprint density at radius 1 is 1.16 bits per heavy atom. The summed E-state index contributed by atoms with van der Waals surface area (Å²) in [5.41, 5.74) is 3.62. The summed E-state index contributed by atoms with van der Waals surface area (Å²) in [6, 6.07) is 11.5. The van der Waals surface area contributed by atoms with Gasteiger partial charge in [0.25, 0.3) is 5.91 Å². The van der Waals surface area contributed by atoms with Crippen LogP contribution in [0.4, 0.5) is 5.13 Å². The minimum atomic E-state index is -0.272. The molecule has 0 bridgehead atoms. The molecule has 0 spiro atoms. The number of hydrogen-bond acceptors (Lipinski definition) is 6. The fraction of sp³-hybridized carbons (Fsp3) is 0.292. The molecule has 3 heterocycles. The Bertz CT molecular complexity index is 1340. The van der Waals surface area contributed by atoms with E-state index >= 15 is 0 Å². The lowest BCUT2D eigenvalue weighted by Gasteiger charge is -2.10. The molecule has 32 heavy (non-hydrogen) atoms. The minimum Gasteiger partial charge on any atom is -0.298 e. The second-order valence-corrected chi connectivity index (χ2v) is 9.36. The molecule has 7 nitrogen and oxygen atoms in total. The second-order valence-electron chi connectivity index (χ2n) is 8.36. The molecule has 0 unspecified atom stereocenters. The number of carbonyl (C=O) groups excluding carboxylic acids is 2. The zero-order valence-corrected chi connectivity index (χ0v) is 18.9. The first kappa shape index (κ1) is 20.5. The molecule has 3 aromatic heterocycles. The van der Waals surface area contributed by atoms with E-state index in [2.05, 4.69) is 15.4 Å². The molecule has 4 aromatic rings. The number of benzene rings is 1. The molecule has 1 aliphatic rings. The highest BCUT2D eigenvalue weighted by Gasteiger charge is 2.28. The molecule has 5 rings (SSSR count). The van der Waals surface area contributed by atoms with Crippen molar-refractivity contribution in [3.05, 3.63) is 58.7 Å². The molecular weight excluding hydrogens is 422 g/mol. The van der Waals surface area contributed by atoms with Crippen LogP contribution in [0.15, 0.2) is 42.6 Å². The van der Waals surface area contributed by atoms with Crippen molar-refractivity contribution in [3.63, 3.8) is 0 Å². The topological polar surface area (TPSA) is 89.8 Å². The van der Waals surface area contributed by atoms with Crippen molar-refractivity contribution in [1.82, 2.24) is 19.7 Å². The van der Waals surface area contributed by atoms with E-state index in [0.717, 1.165) is 29.7 Å². The number of thiazole rings is 1. The molecule has 1 saturated carbocycles. The number of aromatic nitrogens is 4. The molecule has 1 aromatic carbocycles. The first-order chi connectivity index (χ1) is 15.4. The lowest BCUT2D eigenvalue weighted by atomic mass is 10.1. The molecule has 1 fully saturated rings. The minimum absolute atomic E-state index is 0.0811. The molecule has 162 valence electrons. The Morgan fingerprint density at radius 3 is 2.56 bits per heavy atom. The number of carbonyl (C=O) groups is 2. The zero-order chi connectivity index (χ0) is 22.4. The summed E-state index contributed by atoms with van der Waals surface area (Å²) in [4.78, 5) is 35.5. The van der Waals surface area contributed by atoms with Crippen LogP contribution in [0.2, 0.25) is 0 Å². The Hall–Kier alpha value is -3.39. The summed E-state index contributed by atoms with van der Waals surface area (Å²) in [7, 11) is 0.